The molecule has 3 heteroatoms. The van der Waals surface area contributed by atoms with Gasteiger partial charge in [-0.2, -0.15) is 0 Å². The lowest BCUT2D eigenvalue weighted by Crippen LogP contribution is -2.49. The maximum absolute atomic E-state index is 3.62. The summed E-state index contributed by atoms with van der Waals surface area (Å²) in [5.74, 6) is 0. The summed E-state index contributed by atoms with van der Waals surface area (Å²) >= 11 is 0. The molecule has 0 spiro atoms. The molecule has 0 aromatic carbocycles. The maximum Gasteiger partial charge on any atom is 0.0221 e. The second-order valence-electron chi connectivity index (χ2n) is 5.55. The number of piperidine rings is 1. The number of nitrogens with one attached hydrogen (secondary N) is 1. The summed E-state index contributed by atoms with van der Waals surface area (Å²) in [4.78, 5) is 5.19. The van der Waals surface area contributed by atoms with Gasteiger partial charge in [0.2, 0.25) is 0 Å². The molecule has 1 N–H and O–H groups in total. The van der Waals surface area contributed by atoms with Crippen LogP contribution in [0.2, 0.25) is 0 Å². The number of hydrogen-bond acceptors (Lipinski definition) is 3. The van der Waals surface area contributed by atoms with Crippen molar-refractivity contribution in [3.63, 3.8) is 0 Å². The average molecular weight is 255 g/mol. The number of likely N-dealkylation sites (N-methyl/N-ethyl adjacent to an activating group) is 1. The summed E-state index contributed by atoms with van der Waals surface area (Å²) in [6.45, 7) is 16.4. The minimum absolute atomic E-state index is 0.718. The third-order valence-corrected chi connectivity index (χ3v) is 4.37. The van der Waals surface area contributed by atoms with E-state index in [9.17, 15) is 0 Å². The number of hydrogen-bond donors (Lipinski definition) is 1. The lowest BCUT2D eigenvalue weighted by atomic mass is 10.0. The number of rotatable bonds is 8. The van der Waals surface area contributed by atoms with E-state index in [0.29, 0.717) is 0 Å². The largest absolute Gasteiger partial charge is 0.313 e. The van der Waals surface area contributed by atoms with Crippen molar-refractivity contribution in [1.82, 2.24) is 15.1 Å². The third kappa shape index (κ3) is 5.25. The molecule has 1 heterocycles. The van der Waals surface area contributed by atoms with Crippen LogP contribution in [0.3, 0.4) is 0 Å². The van der Waals surface area contributed by atoms with E-state index in [1.54, 1.807) is 0 Å². The summed E-state index contributed by atoms with van der Waals surface area (Å²) in [7, 11) is 0. The van der Waals surface area contributed by atoms with Gasteiger partial charge in [-0.15, -0.1) is 0 Å². The summed E-state index contributed by atoms with van der Waals surface area (Å²) in [6.07, 6.45) is 4.01. The lowest BCUT2D eigenvalue weighted by molar-refractivity contribution is 0.152. The first-order valence-electron chi connectivity index (χ1n) is 7.90. The summed E-state index contributed by atoms with van der Waals surface area (Å²) in [6, 6.07) is 1.48. The minimum atomic E-state index is 0.718. The molecule has 1 aliphatic rings. The van der Waals surface area contributed by atoms with Gasteiger partial charge in [-0.3, -0.25) is 4.90 Å². The molecule has 0 bridgehead atoms. The Morgan fingerprint density at radius 2 is 1.72 bits per heavy atom. The van der Waals surface area contributed by atoms with Crippen molar-refractivity contribution >= 4 is 0 Å². The van der Waals surface area contributed by atoms with Crippen molar-refractivity contribution in [2.75, 3.05) is 39.3 Å². The van der Waals surface area contributed by atoms with Gasteiger partial charge in [0, 0.05) is 18.6 Å². The van der Waals surface area contributed by atoms with Crippen LogP contribution in [0.1, 0.15) is 47.0 Å². The van der Waals surface area contributed by atoms with Gasteiger partial charge in [0.1, 0.15) is 0 Å². The Labute approximate surface area is 114 Å². The van der Waals surface area contributed by atoms with Gasteiger partial charge >= 0.3 is 0 Å². The van der Waals surface area contributed by atoms with Crippen LogP contribution in [0.4, 0.5) is 0 Å². The van der Waals surface area contributed by atoms with Crippen LogP contribution in [-0.4, -0.2) is 61.2 Å². The van der Waals surface area contributed by atoms with E-state index in [4.69, 9.17) is 0 Å². The summed E-state index contributed by atoms with van der Waals surface area (Å²) < 4.78 is 0. The molecule has 1 rings (SSSR count). The number of nitrogens with zero attached hydrogens (tertiary/aromatic N) is 2. The molecular formula is C15H33N3. The van der Waals surface area contributed by atoms with Crippen LogP contribution in [0.25, 0.3) is 0 Å². The Kier molecular flexibility index (Phi) is 7.87. The predicted molar refractivity (Wildman–Crippen MR) is 80.1 cm³/mol. The fourth-order valence-corrected chi connectivity index (χ4v) is 2.93. The van der Waals surface area contributed by atoms with Crippen molar-refractivity contribution in [3.05, 3.63) is 0 Å². The first kappa shape index (κ1) is 15.9. The fraction of sp³-hybridized carbons (Fsp3) is 1.00. The molecule has 2 unspecified atom stereocenters. The highest BCUT2D eigenvalue weighted by atomic mass is 15.2. The molecule has 1 saturated heterocycles. The quantitative estimate of drug-likeness (QED) is 0.717. The van der Waals surface area contributed by atoms with Crippen LogP contribution >= 0.6 is 0 Å². The van der Waals surface area contributed by atoms with Crippen molar-refractivity contribution in [3.8, 4) is 0 Å². The second-order valence-corrected chi connectivity index (χ2v) is 5.55. The molecule has 0 radical (unpaired) electrons. The first-order valence-corrected chi connectivity index (χ1v) is 7.90. The minimum Gasteiger partial charge on any atom is -0.313 e. The highest BCUT2D eigenvalue weighted by molar-refractivity contribution is 4.81. The van der Waals surface area contributed by atoms with E-state index in [-0.39, 0.29) is 0 Å². The monoisotopic (exact) mass is 255 g/mol. The first-order chi connectivity index (χ1) is 8.71. The Bertz CT molecular complexity index is 196. The van der Waals surface area contributed by atoms with Gasteiger partial charge in [0.25, 0.3) is 0 Å². The predicted octanol–water partition coefficient (Wildman–Crippen LogP) is 2.18. The molecule has 0 aromatic rings. The van der Waals surface area contributed by atoms with Crippen LogP contribution in [0.15, 0.2) is 0 Å². The zero-order chi connectivity index (χ0) is 13.4. The highest BCUT2D eigenvalue weighted by Gasteiger charge is 2.22. The Morgan fingerprint density at radius 3 is 2.22 bits per heavy atom. The fourth-order valence-electron chi connectivity index (χ4n) is 2.93. The standard InChI is InChI=1S/C15H33N3/c1-5-17(6-2)11-8-12-18(7-3)15-10-9-14(4)16-13-15/h14-16H,5-13H2,1-4H3. The molecule has 1 fully saturated rings. The Hall–Kier alpha value is -0.120. The van der Waals surface area contributed by atoms with Gasteiger partial charge in [0.15, 0.2) is 0 Å². The van der Waals surface area contributed by atoms with Gasteiger partial charge in [-0.1, -0.05) is 20.8 Å². The molecule has 1 aliphatic heterocycles. The summed E-state index contributed by atoms with van der Waals surface area (Å²) in [5.41, 5.74) is 0. The van der Waals surface area contributed by atoms with Gasteiger partial charge < -0.3 is 10.2 Å². The maximum atomic E-state index is 3.62. The molecule has 18 heavy (non-hydrogen) atoms. The SMILES string of the molecule is CCN(CC)CCCN(CC)C1CCC(C)NC1. The molecule has 0 amide bonds. The van der Waals surface area contributed by atoms with E-state index in [1.165, 1.54) is 58.5 Å². The van der Waals surface area contributed by atoms with Gasteiger partial charge in [-0.05, 0) is 58.9 Å². The normalized spacial score (nSPS) is 25.0. The van der Waals surface area contributed by atoms with E-state index in [2.05, 4.69) is 42.8 Å². The smallest absolute Gasteiger partial charge is 0.0221 e. The van der Waals surface area contributed by atoms with E-state index < -0.39 is 0 Å². The zero-order valence-corrected chi connectivity index (χ0v) is 12.9. The molecular weight excluding hydrogens is 222 g/mol. The third-order valence-electron chi connectivity index (χ3n) is 4.37. The molecule has 3 nitrogen and oxygen atoms in total. The zero-order valence-electron chi connectivity index (χ0n) is 12.9. The van der Waals surface area contributed by atoms with Gasteiger partial charge in [-0.25, -0.2) is 0 Å². The van der Waals surface area contributed by atoms with Crippen molar-refractivity contribution < 1.29 is 0 Å². The van der Waals surface area contributed by atoms with Crippen LogP contribution < -0.4 is 5.32 Å². The molecule has 2 atom stereocenters. The Balaban J connectivity index is 2.24. The molecule has 108 valence electrons. The van der Waals surface area contributed by atoms with Crippen LogP contribution in [-0.2, 0) is 0 Å². The topological polar surface area (TPSA) is 18.5 Å². The van der Waals surface area contributed by atoms with Crippen molar-refractivity contribution in [2.45, 2.75) is 59.0 Å². The Morgan fingerprint density at radius 1 is 1.00 bits per heavy atom. The lowest BCUT2D eigenvalue weighted by Gasteiger charge is -2.36. The van der Waals surface area contributed by atoms with E-state index in [1.807, 2.05) is 0 Å². The molecule has 0 saturated carbocycles. The average Bonchev–Trinajstić information content (AvgIpc) is 2.41. The van der Waals surface area contributed by atoms with Crippen LogP contribution in [0.5, 0.6) is 0 Å². The highest BCUT2D eigenvalue weighted by Crippen LogP contribution is 2.14. The van der Waals surface area contributed by atoms with E-state index >= 15 is 0 Å². The summed E-state index contributed by atoms with van der Waals surface area (Å²) in [5, 5.41) is 3.62. The van der Waals surface area contributed by atoms with Crippen molar-refractivity contribution in [2.24, 2.45) is 0 Å². The van der Waals surface area contributed by atoms with Crippen LogP contribution in [0, 0.1) is 0 Å². The molecule has 0 aromatic heterocycles. The molecule has 0 aliphatic carbocycles. The van der Waals surface area contributed by atoms with Gasteiger partial charge in [0.05, 0.1) is 0 Å². The van der Waals surface area contributed by atoms with E-state index in [0.717, 1.165) is 12.1 Å². The second kappa shape index (κ2) is 8.89. The van der Waals surface area contributed by atoms with Crippen molar-refractivity contribution in [1.29, 1.82) is 0 Å².